The van der Waals surface area contributed by atoms with Gasteiger partial charge in [0.1, 0.15) is 11.0 Å². The number of hydrogen-bond acceptors (Lipinski definition) is 3. The lowest BCUT2D eigenvalue weighted by Gasteiger charge is -2.15. The van der Waals surface area contributed by atoms with E-state index in [0.29, 0.717) is 11.3 Å². The zero-order valence-electron chi connectivity index (χ0n) is 10.7. The highest BCUT2D eigenvalue weighted by Gasteiger charge is 2.17. The van der Waals surface area contributed by atoms with E-state index in [0.717, 1.165) is 0 Å². The number of carbonyl (C=O) groups excluding carboxylic acids is 1. The number of rotatable bonds is 3. The van der Waals surface area contributed by atoms with Gasteiger partial charge in [-0.3, -0.25) is 4.79 Å². The van der Waals surface area contributed by atoms with Gasteiger partial charge >= 0.3 is 0 Å². The van der Waals surface area contributed by atoms with E-state index in [1.165, 1.54) is 18.3 Å². The number of hydrogen-bond donors (Lipinski definition) is 2. The van der Waals surface area contributed by atoms with E-state index in [9.17, 15) is 9.18 Å². The largest absolute Gasteiger partial charge is 0.397 e. The number of carbonyl (C=O) groups is 1. The van der Waals surface area contributed by atoms with Crippen molar-refractivity contribution >= 4 is 23.2 Å². The van der Waals surface area contributed by atoms with E-state index >= 15 is 0 Å². The molecule has 3 N–H and O–H groups in total. The molecule has 0 aliphatic rings. The van der Waals surface area contributed by atoms with Gasteiger partial charge in [0.05, 0.1) is 23.5 Å². The van der Waals surface area contributed by atoms with E-state index in [2.05, 4.69) is 10.3 Å². The minimum absolute atomic E-state index is 0.0532. The highest BCUT2D eigenvalue weighted by Crippen LogP contribution is 2.19. The Hall–Kier alpha value is -2.14. The average molecular weight is 294 g/mol. The molecule has 0 radical (unpaired) electrons. The lowest BCUT2D eigenvalue weighted by Crippen LogP contribution is -2.27. The molecule has 0 aliphatic heterocycles. The van der Waals surface area contributed by atoms with E-state index in [4.69, 9.17) is 17.3 Å². The van der Waals surface area contributed by atoms with Gasteiger partial charge in [-0.2, -0.15) is 0 Å². The van der Waals surface area contributed by atoms with Crippen molar-refractivity contribution < 1.29 is 9.18 Å². The maximum absolute atomic E-state index is 13.6. The first-order chi connectivity index (χ1) is 9.49. The van der Waals surface area contributed by atoms with E-state index < -0.39 is 11.9 Å². The number of aromatic nitrogens is 1. The number of nitrogens with zero attached hydrogens (tertiary/aromatic N) is 1. The van der Waals surface area contributed by atoms with Crippen molar-refractivity contribution in [3.05, 3.63) is 58.6 Å². The maximum atomic E-state index is 13.6. The van der Waals surface area contributed by atoms with Gasteiger partial charge in [0.15, 0.2) is 0 Å². The summed E-state index contributed by atoms with van der Waals surface area (Å²) in [6.07, 6.45) is 1.36. The fraction of sp³-hybridized carbons (Fsp3) is 0.143. The third-order valence-corrected chi connectivity index (χ3v) is 3.13. The highest BCUT2D eigenvalue weighted by molar-refractivity contribution is 6.32. The summed E-state index contributed by atoms with van der Waals surface area (Å²) < 4.78 is 13.6. The SMILES string of the molecule is CC(NC(=O)c1cc(N)cnc1Cl)c1ccccc1F. The second-order valence-corrected chi connectivity index (χ2v) is 4.68. The number of amides is 1. The Kier molecular flexibility index (Phi) is 4.20. The van der Waals surface area contributed by atoms with Gasteiger partial charge < -0.3 is 11.1 Å². The Morgan fingerprint density at radius 2 is 2.15 bits per heavy atom. The number of anilines is 1. The first kappa shape index (κ1) is 14.3. The van der Waals surface area contributed by atoms with Gasteiger partial charge in [-0.1, -0.05) is 29.8 Å². The number of nitrogen functional groups attached to an aromatic ring is 1. The fourth-order valence-corrected chi connectivity index (χ4v) is 1.99. The van der Waals surface area contributed by atoms with Crippen LogP contribution in [0.5, 0.6) is 0 Å². The molecule has 0 aliphatic carbocycles. The normalized spacial score (nSPS) is 11.9. The maximum Gasteiger partial charge on any atom is 0.254 e. The zero-order chi connectivity index (χ0) is 14.7. The van der Waals surface area contributed by atoms with Crippen molar-refractivity contribution in [2.24, 2.45) is 0 Å². The first-order valence-electron chi connectivity index (χ1n) is 5.95. The molecule has 104 valence electrons. The van der Waals surface area contributed by atoms with Gasteiger partial charge in [-0.25, -0.2) is 9.37 Å². The van der Waals surface area contributed by atoms with Gasteiger partial charge in [-0.05, 0) is 19.1 Å². The summed E-state index contributed by atoms with van der Waals surface area (Å²) >= 11 is 5.85. The molecule has 1 atom stereocenters. The third kappa shape index (κ3) is 3.05. The van der Waals surface area contributed by atoms with Crippen LogP contribution in [0.3, 0.4) is 0 Å². The highest BCUT2D eigenvalue weighted by atomic mass is 35.5. The molecular weight excluding hydrogens is 281 g/mol. The lowest BCUT2D eigenvalue weighted by atomic mass is 10.1. The molecule has 2 aromatic rings. The monoisotopic (exact) mass is 293 g/mol. The Morgan fingerprint density at radius 1 is 1.45 bits per heavy atom. The zero-order valence-corrected chi connectivity index (χ0v) is 11.5. The predicted molar refractivity (Wildman–Crippen MR) is 75.9 cm³/mol. The van der Waals surface area contributed by atoms with Crippen molar-refractivity contribution in [1.29, 1.82) is 0 Å². The molecule has 1 unspecified atom stereocenters. The molecule has 2 rings (SSSR count). The van der Waals surface area contributed by atoms with Crippen molar-refractivity contribution in [3.8, 4) is 0 Å². The summed E-state index contributed by atoms with van der Waals surface area (Å²) in [5.41, 5.74) is 6.46. The molecule has 0 saturated heterocycles. The molecule has 0 bridgehead atoms. The van der Waals surface area contributed by atoms with Crippen molar-refractivity contribution in [2.45, 2.75) is 13.0 Å². The van der Waals surface area contributed by atoms with Gasteiger partial charge in [-0.15, -0.1) is 0 Å². The summed E-state index contributed by atoms with van der Waals surface area (Å²) in [4.78, 5) is 15.9. The summed E-state index contributed by atoms with van der Waals surface area (Å²) in [7, 11) is 0. The van der Waals surface area contributed by atoms with Crippen LogP contribution >= 0.6 is 11.6 Å². The van der Waals surface area contributed by atoms with E-state index in [1.54, 1.807) is 25.1 Å². The average Bonchev–Trinajstić information content (AvgIpc) is 2.41. The van der Waals surface area contributed by atoms with E-state index in [-0.39, 0.29) is 16.5 Å². The van der Waals surface area contributed by atoms with Crippen LogP contribution in [-0.2, 0) is 0 Å². The van der Waals surface area contributed by atoms with Crippen LogP contribution in [0.2, 0.25) is 5.15 Å². The third-order valence-electron chi connectivity index (χ3n) is 2.82. The molecule has 1 aromatic carbocycles. The van der Waals surface area contributed by atoms with Crippen molar-refractivity contribution in [2.75, 3.05) is 5.73 Å². The minimum atomic E-state index is -0.499. The second-order valence-electron chi connectivity index (χ2n) is 4.32. The van der Waals surface area contributed by atoms with Gasteiger partial charge in [0.2, 0.25) is 0 Å². The molecule has 0 saturated carbocycles. The van der Waals surface area contributed by atoms with Crippen LogP contribution in [0.15, 0.2) is 36.5 Å². The molecule has 0 spiro atoms. The van der Waals surface area contributed by atoms with Crippen LogP contribution in [-0.4, -0.2) is 10.9 Å². The van der Waals surface area contributed by atoms with E-state index in [1.807, 2.05) is 0 Å². The number of pyridine rings is 1. The molecule has 20 heavy (non-hydrogen) atoms. The van der Waals surface area contributed by atoms with Crippen LogP contribution < -0.4 is 11.1 Å². The predicted octanol–water partition coefficient (Wildman–Crippen LogP) is 2.95. The Labute approximate surface area is 120 Å². The molecular formula is C14H13ClFN3O. The number of benzene rings is 1. The van der Waals surface area contributed by atoms with Crippen molar-refractivity contribution in [3.63, 3.8) is 0 Å². The topological polar surface area (TPSA) is 68.0 Å². The molecule has 0 fully saturated rings. The number of halogens is 2. The van der Waals surface area contributed by atoms with Crippen LogP contribution in [0.1, 0.15) is 28.9 Å². The summed E-state index contributed by atoms with van der Waals surface area (Å²) in [5, 5.41) is 2.72. The lowest BCUT2D eigenvalue weighted by molar-refractivity contribution is 0.0939. The second kappa shape index (κ2) is 5.88. The van der Waals surface area contributed by atoms with Crippen LogP contribution in [0.25, 0.3) is 0 Å². The number of nitrogens with two attached hydrogens (primary N) is 1. The Bertz CT molecular complexity index is 648. The smallest absolute Gasteiger partial charge is 0.254 e. The summed E-state index contributed by atoms with van der Waals surface area (Å²) in [6.45, 7) is 1.68. The standard InChI is InChI=1S/C14H13ClFN3O/c1-8(10-4-2-3-5-12(10)16)19-14(20)11-6-9(17)7-18-13(11)15/h2-8H,17H2,1H3,(H,19,20). The summed E-state index contributed by atoms with van der Waals surface area (Å²) in [5.74, 6) is -0.831. The van der Waals surface area contributed by atoms with Crippen molar-refractivity contribution in [1.82, 2.24) is 10.3 Å². The quantitative estimate of drug-likeness (QED) is 0.855. The van der Waals surface area contributed by atoms with Crippen LogP contribution in [0, 0.1) is 5.82 Å². The van der Waals surface area contributed by atoms with Gasteiger partial charge in [0.25, 0.3) is 5.91 Å². The Morgan fingerprint density at radius 3 is 2.85 bits per heavy atom. The van der Waals surface area contributed by atoms with Crippen LogP contribution in [0.4, 0.5) is 10.1 Å². The number of nitrogens with one attached hydrogen (secondary N) is 1. The van der Waals surface area contributed by atoms with Gasteiger partial charge in [0, 0.05) is 5.56 Å². The Balaban J connectivity index is 2.20. The summed E-state index contributed by atoms with van der Waals surface area (Å²) in [6, 6.07) is 7.18. The molecule has 4 nitrogen and oxygen atoms in total. The molecule has 6 heteroatoms. The molecule has 1 heterocycles. The fourth-order valence-electron chi connectivity index (χ4n) is 1.80. The molecule has 1 amide bonds. The molecule has 1 aromatic heterocycles. The first-order valence-corrected chi connectivity index (χ1v) is 6.33. The minimum Gasteiger partial charge on any atom is -0.397 e.